The maximum atomic E-state index is 12.3. The molecule has 0 aromatic heterocycles. The topological polar surface area (TPSA) is 64.7 Å². The molecule has 6 nitrogen and oxygen atoms in total. The van der Waals surface area contributed by atoms with Crippen molar-refractivity contribution in [3.05, 3.63) is 66.2 Å². The molecule has 3 rings (SSSR count). The number of hydrogen-bond donors (Lipinski definition) is 2. The standard InChI is InChI=1S/C21H26N4O2/c26-20(23-19-9-5-2-6-10-19)17-24-13-15-25(16-14-24)21(27)22-12-11-18-7-3-1-4-8-18/h1-10H,11-17H2,(H,22,27)(H,23,26). The van der Waals surface area contributed by atoms with Gasteiger partial charge in [-0.25, -0.2) is 4.79 Å². The number of carbonyl (C=O) groups is 2. The number of benzene rings is 2. The summed E-state index contributed by atoms with van der Waals surface area (Å²) in [6.45, 7) is 3.65. The van der Waals surface area contributed by atoms with E-state index < -0.39 is 0 Å². The van der Waals surface area contributed by atoms with Crippen molar-refractivity contribution < 1.29 is 9.59 Å². The summed E-state index contributed by atoms with van der Waals surface area (Å²) in [4.78, 5) is 28.3. The highest BCUT2D eigenvalue weighted by Gasteiger charge is 2.22. The highest BCUT2D eigenvalue weighted by molar-refractivity contribution is 5.92. The predicted molar refractivity (Wildman–Crippen MR) is 107 cm³/mol. The van der Waals surface area contributed by atoms with Gasteiger partial charge >= 0.3 is 6.03 Å². The molecular weight excluding hydrogens is 340 g/mol. The van der Waals surface area contributed by atoms with Crippen LogP contribution in [0, 0.1) is 0 Å². The van der Waals surface area contributed by atoms with Crippen molar-refractivity contribution in [2.24, 2.45) is 0 Å². The number of amides is 3. The van der Waals surface area contributed by atoms with Crippen LogP contribution >= 0.6 is 0 Å². The summed E-state index contributed by atoms with van der Waals surface area (Å²) in [7, 11) is 0. The van der Waals surface area contributed by atoms with Crippen molar-refractivity contribution in [1.82, 2.24) is 15.1 Å². The molecule has 2 aromatic rings. The third-order valence-corrected chi connectivity index (χ3v) is 4.62. The van der Waals surface area contributed by atoms with E-state index in [1.165, 1.54) is 5.56 Å². The van der Waals surface area contributed by atoms with Crippen LogP contribution in [0.1, 0.15) is 5.56 Å². The molecule has 0 spiro atoms. The first-order chi connectivity index (χ1) is 13.2. The summed E-state index contributed by atoms with van der Waals surface area (Å²) >= 11 is 0. The Balaban J connectivity index is 1.34. The molecule has 1 aliphatic rings. The first-order valence-corrected chi connectivity index (χ1v) is 9.35. The van der Waals surface area contributed by atoms with Gasteiger partial charge in [-0.2, -0.15) is 0 Å². The molecule has 1 aliphatic heterocycles. The highest BCUT2D eigenvalue weighted by atomic mass is 16.2. The van der Waals surface area contributed by atoms with Crippen LogP contribution in [0.25, 0.3) is 0 Å². The first-order valence-electron chi connectivity index (χ1n) is 9.35. The Morgan fingerprint density at radius 2 is 1.48 bits per heavy atom. The zero-order chi connectivity index (χ0) is 18.9. The minimum absolute atomic E-state index is 0.0260. The molecule has 27 heavy (non-hydrogen) atoms. The van der Waals surface area contributed by atoms with E-state index in [0.29, 0.717) is 39.3 Å². The molecule has 0 atom stereocenters. The highest BCUT2D eigenvalue weighted by Crippen LogP contribution is 2.07. The second kappa shape index (κ2) is 9.73. The quantitative estimate of drug-likeness (QED) is 0.824. The molecule has 0 aliphatic carbocycles. The Labute approximate surface area is 160 Å². The van der Waals surface area contributed by atoms with Crippen molar-refractivity contribution in [3.8, 4) is 0 Å². The van der Waals surface area contributed by atoms with Gasteiger partial charge in [-0.05, 0) is 24.1 Å². The third kappa shape index (κ3) is 6.11. The smallest absolute Gasteiger partial charge is 0.317 e. The summed E-state index contributed by atoms with van der Waals surface area (Å²) in [5, 5.41) is 5.87. The Hall–Kier alpha value is -2.86. The molecule has 2 N–H and O–H groups in total. The number of carbonyl (C=O) groups excluding carboxylic acids is 2. The van der Waals surface area contributed by atoms with Gasteiger partial charge < -0.3 is 15.5 Å². The lowest BCUT2D eigenvalue weighted by molar-refractivity contribution is -0.117. The summed E-state index contributed by atoms with van der Waals surface area (Å²) in [5.41, 5.74) is 2.02. The second-order valence-corrected chi connectivity index (χ2v) is 6.64. The Morgan fingerprint density at radius 3 is 2.15 bits per heavy atom. The van der Waals surface area contributed by atoms with Crippen molar-refractivity contribution in [2.45, 2.75) is 6.42 Å². The van der Waals surface area contributed by atoms with Gasteiger partial charge in [0.1, 0.15) is 0 Å². The van der Waals surface area contributed by atoms with Gasteiger partial charge in [0, 0.05) is 38.4 Å². The lowest BCUT2D eigenvalue weighted by atomic mass is 10.1. The van der Waals surface area contributed by atoms with Gasteiger partial charge in [0.25, 0.3) is 0 Å². The molecule has 0 saturated carbocycles. The van der Waals surface area contributed by atoms with Crippen LogP contribution < -0.4 is 10.6 Å². The molecule has 0 bridgehead atoms. The van der Waals surface area contributed by atoms with Crippen molar-refractivity contribution in [3.63, 3.8) is 0 Å². The molecule has 0 radical (unpaired) electrons. The Bertz CT molecular complexity index is 728. The van der Waals surface area contributed by atoms with Gasteiger partial charge in [0.05, 0.1) is 6.54 Å². The fraction of sp³-hybridized carbons (Fsp3) is 0.333. The molecule has 1 saturated heterocycles. The number of anilines is 1. The Kier molecular flexibility index (Phi) is 6.82. The maximum absolute atomic E-state index is 12.3. The normalized spacial score (nSPS) is 14.6. The van der Waals surface area contributed by atoms with Crippen LogP contribution in [-0.2, 0) is 11.2 Å². The van der Waals surface area contributed by atoms with Gasteiger partial charge in [-0.15, -0.1) is 0 Å². The maximum Gasteiger partial charge on any atom is 0.317 e. The van der Waals surface area contributed by atoms with Gasteiger partial charge in [0.2, 0.25) is 5.91 Å². The number of piperazine rings is 1. The van der Waals surface area contributed by atoms with Crippen LogP contribution in [-0.4, -0.2) is 61.0 Å². The number of urea groups is 1. The number of rotatable bonds is 6. The lowest BCUT2D eigenvalue weighted by Crippen LogP contribution is -2.53. The van der Waals surface area contributed by atoms with E-state index in [1.807, 2.05) is 53.4 Å². The fourth-order valence-electron chi connectivity index (χ4n) is 3.10. The minimum Gasteiger partial charge on any atom is -0.338 e. The molecular formula is C21H26N4O2. The van der Waals surface area contributed by atoms with Crippen LogP contribution in [0.15, 0.2) is 60.7 Å². The number of nitrogens with zero attached hydrogens (tertiary/aromatic N) is 2. The third-order valence-electron chi connectivity index (χ3n) is 4.62. The summed E-state index contributed by atoms with van der Waals surface area (Å²) in [5.74, 6) is -0.0260. The summed E-state index contributed by atoms with van der Waals surface area (Å²) in [6, 6.07) is 19.5. The van der Waals surface area contributed by atoms with E-state index in [1.54, 1.807) is 0 Å². The molecule has 6 heteroatoms. The fourth-order valence-corrected chi connectivity index (χ4v) is 3.10. The van der Waals surface area contributed by atoms with Crippen LogP contribution in [0.2, 0.25) is 0 Å². The minimum atomic E-state index is -0.0284. The van der Waals surface area contributed by atoms with Crippen LogP contribution in [0.4, 0.5) is 10.5 Å². The Morgan fingerprint density at radius 1 is 0.852 bits per heavy atom. The average Bonchev–Trinajstić information content (AvgIpc) is 2.70. The SMILES string of the molecule is O=C(CN1CCN(C(=O)NCCc2ccccc2)CC1)Nc1ccccc1. The van der Waals surface area contributed by atoms with E-state index in [-0.39, 0.29) is 11.9 Å². The number of nitrogens with one attached hydrogen (secondary N) is 2. The van der Waals surface area contributed by atoms with E-state index in [0.717, 1.165) is 12.1 Å². The average molecular weight is 366 g/mol. The van der Waals surface area contributed by atoms with Crippen LogP contribution in [0.5, 0.6) is 0 Å². The summed E-state index contributed by atoms with van der Waals surface area (Å²) < 4.78 is 0. The van der Waals surface area contributed by atoms with Gasteiger partial charge in [-0.3, -0.25) is 9.69 Å². The van der Waals surface area contributed by atoms with Gasteiger partial charge in [-0.1, -0.05) is 48.5 Å². The summed E-state index contributed by atoms with van der Waals surface area (Å²) in [6.07, 6.45) is 0.826. The monoisotopic (exact) mass is 366 g/mol. The van der Waals surface area contributed by atoms with Crippen molar-refractivity contribution in [1.29, 1.82) is 0 Å². The van der Waals surface area contributed by atoms with E-state index in [4.69, 9.17) is 0 Å². The van der Waals surface area contributed by atoms with Crippen molar-refractivity contribution in [2.75, 3.05) is 44.6 Å². The second-order valence-electron chi connectivity index (χ2n) is 6.64. The first kappa shape index (κ1) is 18.9. The molecule has 2 aromatic carbocycles. The number of hydrogen-bond acceptors (Lipinski definition) is 3. The van der Waals surface area contributed by atoms with Gasteiger partial charge in [0.15, 0.2) is 0 Å². The zero-order valence-electron chi connectivity index (χ0n) is 15.4. The van der Waals surface area contributed by atoms with E-state index in [2.05, 4.69) is 27.7 Å². The molecule has 142 valence electrons. The lowest BCUT2D eigenvalue weighted by Gasteiger charge is -2.34. The predicted octanol–water partition coefficient (Wildman–Crippen LogP) is 2.19. The molecule has 1 fully saturated rings. The molecule has 3 amide bonds. The number of para-hydroxylation sites is 1. The molecule has 0 unspecified atom stereocenters. The van der Waals surface area contributed by atoms with Crippen molar-refractivity contribution >= 4 is 17.6 Å². The molecule has 1 heterocycles. The van der Waals surface area contributed by atoms with E-state index in [9.17, 15) is 9.59 Å². The zero-order valence-corrected chi connectivity index (χ0v) is 15.4. The van der Waals surface area contributed by atoms with Crippen LogP contribution in [0.3, 0.4) is 0 Å². The largest absolute Gasteiger partial charge is 0.338 e. The van der Waals surface area contributed by atoms with E-state index >= 15 is 0 Å².